The van der Waals surface area contributed by atoms with Gasteiger partial charge in [-0.25, -0.2) is 9.50 Å². The van der Waals surface area contributed by atoms with Crippen molar-refractivity contribution in [3.05, 3.63) is 59.5 Å². The number of aryl methyl sites for hydroxylation is 1. The monoisotopic (exact) mass is 352 g/mol. The average molecular weight is 352 g/mol. The van der Waals surface area contributed by atoms with Gasteiger partial charge in [0.15, 0.2) is 5.65 Å². The zero-order valence-electron chi connectivity index (χ0n) is 14.2. The summed E-state index contributed by atoms with van der Waals surface area (Å²) in [5, 5.41) is 4.53. The third kappa shape index (κ3) is 3.39. The van der Waals surface area contributed by atoms with E-state index in [1.54, 1.807) is 11.8 Å². The van der Waals surface area contributed by atoms with Gasteiger partial charge in [0.1, 0.15) is 0 Å². The molecule has 3 aromatic rings. The maximum atomic E-state index is 12.5. The molecule has 1 aliphatic heterocycles. The summed E-state index contributed by atoms with van der Waals surface area (Å²) in [4.78, 5) is 20.2. The fourth-order valence-corrected chi connectivity index (χ4v) is 4.06. The molecule has 0 aliphatic carbocycles. The summed E-state index contributed by atoms with van der Waals surface area (Å²) in [5.74, 6) is 1.02. The molecule has 0 N–H and O–H groups in total. The highest BCUT2D eigenvalue weighted by Crippen LogP contribution is 2.22. The van der Waals surface area contributed by atoms with Crippen LogP contribution in [0.3, 0.4) is 0 Å². The first-order chi connectivity index (χ1) is 12.2. The molecular weight excluding hydrogens is 332 g/mol. The minimum Gasteiger partial charge on any atom is -0.338 e. The number of nitrogens with zero attached hydrogens (tertiary/aromatic N) is 4. The maximum absolute atomic E-state index is 12.5. The normalized spacial score (nSPS) is 13.9. The highest BCUT2D eigenvalue weighted by Gasteiger charge is 2.23. The van der Waals surface area contributed by atoms with Crippen LogP contribution in [-0.4, -0.2) is 37.7 Å². The highest BCUT2D eigenvalue weighted by atomic mass is 32.2. The van der Waals surface area contributed by atoms with Crippen molar-refractivity contribution < 1.29 is 4.79 Å². The Morgan fingerprint density at radius 2 is 2.12 bits per heavy atom. The van der Waals surface area contributed by atoms with Crippen LogP contribution >= 0.6 is 11.8 Å². The van der Waals surface area contributed by atoms with Crippen LogP contribution in [0.15, 0.2) is 47.5 Å². The molecule has 3 heterocycles. The summed E-state index contributed by atoms with van der Waals surface area (Å²) in [7, 11) is 0. The molecule has 128 valence electrons. The van der Waals surface area contributed by atoms with Crippen molar-refractivity contribution in [3.8, 4) is 0 Å². The van der Waals surface area contributed by atoms with Crippen LogP contribution in [0.2, 0.25) is 0 Å². The Balaban J connectivity index is 1.40. The van der Waals surface area contributed by atoms with E-state index in [2.05, 4.69) is 22.2 Å². The molecule has 0 atom stereocenters. The van der Waals surface area contributed by atoms with Crippen LogP contribution in [0.1, 0.15) is 23.4 Å². The number of aromatic nitrogens is 3. The fraction of sp³-hybridized carbons (Fsp3) is 0.316. The van der Waals surface area contributed by atoms with Gasteiger partial charge in [-0.2, -0.15) is 5.10 Å². The zero-order valence-corrected chi connectivity index (χ0v) is 15.0. The van der Waals surface area contributed by atoms with Crippen molar-refractivity contribution in [2.45, 2.75) is 31.2 Å². The number of benzene rings is 1. The summed E-state index contributed by atoms with van der Waals surface area (Å²) < 4.78 is 1.93. The molecule has 0 bridgehead atoms. The van der Waals surface area contributed by atoms with Crippen LogP contribution in [0, 0.1) is 6.92 Å². The lowest BCUT2D eigenvalue weighted by Crippen LogP contribution is -2.37. The summed E-state index contributed by atoms with van der Waals surface area (Å²) in [6.45, 7) is 3.36. The largest absolute Gasteiger partial charge is 0.338 e. The van der Waals surface area contributed by atoms with E-state index in [1.165, 1.54) is 10.6 Å². The van der Waals surface area contributed by atoms with Gasteiger partial charge in [-0.15, -0.1) is 11.8 Å². The second-order valence-corrected chi connectivity index (χ2v) is 7.43. The number of carbonyl (C=O) groups is 1. The molecule has 1 aromatic carbocycles. The van der Waals surface area contributed by atoms with Crippen LogP contribution in [0.5, 0.6) is 0 Å². The second kappa shape index (κ2) is 6.88. The summed E-state index contributed by atoms with van der Waals surface area (Å²) in [6, 6.07) is 12.2. The topological polar surface area (TPSA) is 50.5 Å². The van der Waals surface area contributed by atoms with E-state index in [-0.39, 0.29) is 5.91 Å². The summed E-state index contributed by atoms with van der Waals surface area (Å²) in [5.41, 5.74) is 4.14. The van der Waals surface area contributed by atoms with Gasteiger partial charge in [0.05, 0.1) is 11.4 Å². The lowest BCUT2D eigenvalue weighted by atomic mass is 10.1. The van der Waals surface area contributed by atoms with E-state index < -0.39 is 0 Å². The van der Waals surface area contributed by atoms with Crippen LogP contribution in [-0.2, 0) is 17.8 Å². The lowest BCUT2D eigenvalue weighted by Gasteiger charge is -2.28. The Morgan fingerprint density at radius 1 is 1.28 bits per heavy atom. The van der Waals surface area contributed by atoms with Gasteiger partial charge in [0, 0.05) is 54.4 Å². The van der Waals surface area contributed by atoms with Crippen molar-refractivity contribution >= 4 is 23.3 Å². The standard InChI is InChI=1S/C19H20N4OS/c1-14-11-18-20-12-15-13-22(9-7-17(15)23(18)21-14)19(24)8-10-25-16-5-3-2-4-6-16/h2-6,11-12H,7-10,13H2,1H3. The molecule has 25 heavy (non-hydrogen) atoms. The van der Waals surface area contributed by atoms with E-state index in [0.29, 0.717) is 13.0 Å². The Bertz CT molecular complexity index is 906. The number of hydrogen-bond donors (Lipinski definition) is 0. The quantitative estimate of drug-likeness (QED) is 0.677. The first-order valence-electron chi connectivity index (χ1n) is 8.49. The third-order valence-electron chi connectivity index (χ3n) is 4.45. The third-order valence-corrected chi connectivity index (χ3v) is 5.47. The smallest absolute Gasteiger partial charge is 0.223 e. The summed E-state index contributed by atoms with van der Waals surface area (Å²) in [6.07, 6.45) is 3.28. The van der Waals surface area contributed by atoms with Crippen molar-refractivity contribution in [2.75, 3.05) is 12.3 Å². The number of thioether (sulfide) groups is 1. The van der Waals surface area contributed by atoms with Gasteiger partial charge in [0.25, 0.3) is 0 Å². The van der Waals surface area contributed by atoms with Gasteiger partial charge in [-0.3, -0.25) is 4.79 Å². The number of rotatable bonds is 4. The minimum atomic E-state index is 0.214. The lowest BCUT2D eigenvalue weighted by molar-refractivity contribution is -0.131. The molecule has 5 nitrogen and oxygen atoms in total. The molecule has 0 saturated carbocycles. The van der Waals surface area contributed by atoms with E-state index in [9.17, 15) is 4.79 Å². The van der Waals surface area contributed by atoms with E-state index >= 15 is 0 Å². The molecule has 1 aliphatic rings. The van der Waals surface area contributed by atoms with E-state index in [4.69, 9.17) is 0 Å². The number of fused-ring (bicyclic) bond motifs is 3. The summed E-state index contributed by atoms with van der Waals surface area (Å²) >= 11 is 1.73. The van der Waals surface area contributed by atoms with E-state index in [1.807, 2.05) is 46.8 Å². The Labute approximate surface area is 151 Å². The number of carbonyl (C=O) groups excluding carboxylic acids is 1. The fourth-order valence-electron chi connectivity index (χ4n) is 3.20. The number of amides is 1. The van der Waals surface area contributed by atoms with Crippen molar-refractivity contribution in [3.63, 3.8) is 0 Å². The van der Waals surface area contributed by atoms with Crippen LogP contribution in [0.25, 0.3) is 5.65 Å². The molecule has 4 rings (SSSR count). The molecular formula is C19H20N4OS. The molecule has 0 saturated heterocycles. The minimum absolute atomic E-state index is 0.214. The molecule has 0 unspecified atom stereocenters. The second-order valence-electron chi connectivity index (χ2n) is 6.26. The Morgan fingerprint density at radius 3 is 2.96 bits per heavy atom. The van der Waals surface area contributed by atoms with Crippen LogP contribution < -0.4 is 0 Å². The average Bonchev–Trinajstić information content (AvgIpc) is 3.02. The SMILES string of the molecule is Cc1cc2ncc3c(n2n1)CCN(C(=O)CCSc1ccccc1)C3. The van der Waals surface area contributed by atoms with Crippen molar-refractivity contribution in [2.24, 2.45) is 0 Å². The van der Waals surface area contributed by atoms with Gasteiger partial charge >= 0.3 is 0 Å². The number of hydrogen-bond acceptors (Lipinski definition) is 4. The Kier molecular flexibility index (Phi) is 4.44. The van der Waals surface area contributed by atoms with Gasteiger partial charge < -0.3 is 4.90 Å². The predicted octanol–water partition coefficient (Wildman–Crippen LogP) is 3.10. The van der Waals surface area contributed by atoms with Gasteiger partial charge in [-0.1, -0.05) is 18.2 Å². The van der Waals surface area contributed by atoms with Gasteiger partial charge in [-0.05, 0) is 19.1 Å². The highest BCUT2D eigenvalue weighted by molar-refractivity contribution is 7.99. The van der Waals surface area contributed by atoms with Gasteiger partial charge in [0.2, 0.25) is 5.91 Å². The van der Waals surface area contributed by atoms with E-state index in [0.717, 1.165) is 35.6 Å². The molecule has 6 heteroatoms. The van der Waals surface area contributed by atoms with Crippen LogP contribution in [0.4, 0.5) is 0 Å². The predicted molar refractivity (Wildman–Crippen MR) is 98.6 cm³/mol. The first-order valence-corrected chi connectivity index (χ1v) is 9.48. The zero-order chi connectivity index (χ0) is 17.2. The van der Waals surface area contributed by atoms with Crippen molar-refractivity contribution in [1.29, 1.82) is 0 Å². The molecule has 0 spiro atoms. The Hall–Kier alpha value is -2.34. The molecule has 2 aromatic heterocycles. The molecule has 0 fully saturated rings. The first kappa shape index (κ1) is 16.1. The molecule has 1 amide bonds. The maximum Gasteiger partial charge on any atom is 0.223 e. The molecule has 0 radical (unpaired) electrons. The van der Waals surface area contributed by atoms with Crippen molar-refractivity contribution in [1.82, 2.24) is 19.5 Å².